The molecule has 1 aliphatic rings. The molecule has 1 fully saturated rings. The van der Waals surface area contributed by atoms with Gasteiger partial charge in [0.1, 0.15) is 16.3 Å². The minimum atomic E-state index is -4.57. The second kappa shape index (κ2) is 9.54. The van der Waals surface area contributed by atoms with E-state index in [9.17, 15) is 28.2 Å². The van der Waals surface area contributed by atoms with Gasteiger partial charge in [0.2, 0.25) is 5.95 Å². The molecule has 1 atom stereocenters. The summed E-state index contributed by atoms with van der Waals surface area (Å²) in [5.74, 6) is -1.42. The second-order valence-corrected chi connectivity index (χ2v) is 10.0. The first-order valence-corrected chi connectivity index (χ1v) is 12.0. The molecule has 0 amide bonds. The van der Waals surface area contributed by atoms with Crippen molar-refractivity contribution in [3.05, 3.63) is 52.9 Å². The van der Waals surface area contributed by atoms with E-state index in [0.29, 0.717) is 36.4 Å². The average molecular weight is 507 g/mol. The number of hydrogen-bond acceptors (Lipinski definition) is 7. The molecular weight excluding hydrogens is 481 g/mol. The third-order valence-electron chi connectivity index (χ3n) is 6.42. The zero-order chi connectivity index (χ0) is 25.4. The maximum Gasteiger partial charge on any atom is 0.433 e. The van der Waals surface area contributed by atoms with Gasteiger partial charge in [-0.15, -0.1) is 11.3 Å². The van der Waals surface area contributed by atoms with Crippen LogP contribution in [0.15, 0.2) is 36.7 Å². The summed E-state index contributed by atoms with van der Waals surface area (Å²) < 4.78 is 38.9. The number of carboxylic acids is 1. The predicted octanol–water partition coefficient (Wildman–Crippen LogP) is 5.77. The zero-order valence-corrected chi connectivity index (χ0v) is 20.0. The van der Waals surface area contributed by atoms with Crippen LogP contribution >= 0.6 is 11.3 Å². The number of nitrogens with one attached hydrogen (secondary N) is 1. The Morgan fingerprint density at radius 3 is 2.60 bits per heavy atom. The normalized spacial score (nSPS) is 21.5. The highest BCUT2D eigenvalue weighted by Gasteiger charge is 2.40. The highest BCUT2D eigenvalue weighted by atomic mass is 32.1. The number of aryl methyl sites for hydroxylation is 1. The number of carbonyl (C=O) groups is 1. The molecule has 3 aromatic rings. The van der Waals surface area contributed by atoms with Crippen molar-refractivity contribution >= 4 is 28.9 Å². The molecule has 3 N–H and O–H groups in total. The van der Waals surface area contributed by atoms with Crippen LogP contribution in [0, 0.1) is 18.8 Å². The number of aromatic nitrogens is 3. The van der Waals surface area contributed by atoms with Gasteiger partial charge in [-0.1, -0.05) is 13.0 Å². The van der Waals surface area contributed by atoms with Crippen LogP contribution in [0.1, 0.15) is 48.9 Å². The van der Waals surface area contributed by atoms with E-state index in [1.54, 1.807) is 25.3 Å². The molecule has 4 rings (SSSR count). The van der Waals surface area contributed by atoms with Crippen molar-refractivity contribution in [2.24, 2.45) is 11.8 Å². The largest absolute Gasteiger partial charge is 0.481 e. The number of halogens is 3. The van der Waals surface area contributed by atoms with E-state index in [4.69, 9.17) is 0 Å². The Balaban J connectivity index is 1.53. The van der Waals surface area contributed by atoms with Crippen LogP contribution < -0.4 is 5.32 Å². The average Bonchev–Trinajstić information content (AvgIpc) is 3.30. The molecule has 1 saturated carbocycles. The number of aliphatic hydroxyl groups is 1. The molecule has 0 saturated heterocycles. The van der Waals surface area contributed by atoms with E-state index >= 15 is 0 Å². The minimum Gasteiger partial charge on any atom is -0.481 e. The summed E-state index contributed by atoms with van der Waals surface area (Å²) in [6.07, 6.45) is 0.246. The molecule has 186 valence electrons. The Hall–Kier alpha value is -3.05. The number of thiazole rings is 1. The highest BCUT2D eigenvalue weighted by molar-refractivity contribution is 7.15. The molecule has 0 radical (unpaired) electrons. The second-order valence-electron chi connectivity index (χ2n) is 9.00. The van der Waals surface area contributed by atoms with Gasteiger partial charge in [-0.3, -0.25) is 4.79 Å². The molecule has 1 aliphatic carbocycles. The quantitative estimate of drug-likeness (QED) is 0.390. The van der Waals surface area contributed by atoms with Crippen LogP contribution in [0.2, 0.25) is 0 Å². The topological polar surface area (TPSA) is 108 Å². The SMILES string of the molecule is Cc1cc(Nc2nccc(C(F)(F)F)n2)cc(-c2cnc(C3(O)CCC(C(C)C(=O)O)CC3)s2)c1. The molecule has 1 aromatic carbocycles. The van der Waals surface area contributed by atoms with Crippen LogP contribution in [0.3, 0.4) is 0 Å². The van der Waals surface area contributed by atoms with Crippen molar-refractivity contribution in [1.29, 1.82) is 0 Å². The Bertz CT molecular complexity index is 1220. The Morgan fingerprint density at radius 1 is 1.23 bits per heavy atom. The molecule has 7 nitrogen and oxygen atoms in total. The molecule has 0 bridgehead atoms. The van der Waals surface area contributed by atoms with Crippen LogP contribution in [-0.4, -0.2) is 31.1 Å². The van der Waals surface area contributed by atoms with E-state index in [2.05, 4.69) is 20.3 Å². The van der Waals surface area contributed by atoms with Crippen LogP contribution in [-0.2, 0) is 16.6 Å². The molecule has 1 unspecified atom stereocenters. The lowest BCUT2D eigenvalue weighted by Crippen LogP contribution is -2.34. The Morgan fingerprint density at radius 2 is 1.94 bits per heavy atom. The first-order valence-electron chi connectivity index (χ1n) is 11.2. The Kier molecular flexibility index (Phi) is 6.83. The van der Waals surface area contributed by atoms with Gasteiger partial charge in [0, 0.05) is 18.1 Å². The number of hydrogen-bond donors (Lipinski definition) is 3. The van der Waals surface area contributed by atoms with Gasteiger partial charge < -0.3 is 15.5 Å². The number of rotatable bonds is 6. The summed E-state index contributed by atoms with van der Waals surface area (Å²) in [6, 6.07) is 6.27. The number of carboxylic acid groups (broad SMARTS) is 1. The molecular formula is C24H25F3N4O3S. The predicted molar refractivity (Wildman–Crippen MR) is 125 cm³/mol. The number of anilines is 2. The molecule has 0 spiro atoms. The Labute approximate surface area is 204 Å². The van der Waals surface area contributed by atoms with E-state index in [1.165, 1.54) is 11.3 Å². The summed E-state index contributed by atoms with van der Waals surface area (Å²) in [5.41, 5.74) is 0.0506. The van der Waals surface area contributed by atoms with Gasteiger partial charge >= 0.3 is 12.1 Å². The lowest BCUT2D eigenvalue weighted by molar-refractivity contribution is -0.144. The van der Waals surface area contributed by atoms with Gasteiger partial charge in [0.15, 0.2) is 0 Å². The lowest BCUT2D eigenvalue weighted by atomic mass is 9.74. The third kappa shape index (κ3) is 5.62. The lowest BCUT2D eigenvalue weighted by Gasteiger charge is -2.35. The van der Waals surface area contributed by atoms with E-state index in [1.807, 2.05) is 13.0 Å². The van der Waals surface area contributed by atoms with Gasteiger partial charge in [-0.2, -0.15) is 13.2 Å². The van der Waals surface area contributed by atoms with E-state index in [-0.39, 0.29) is 11.9 Å². The van der Waals surface area contributed by atoms with Crippen molar-refractivity contribution in [2.45, 2.75) is 51.3 Å². The smallest absolute Gasteiger partial charge is 0.433 e. The summed E-state index contributed by atoms with van der Waals surface area (Å²) in [7, 11) is 0. The zero-order valence-electron chi connectivity index (χ0n) is 19.1. The van der Waals surface area contributed by atoms with Gasteiger partial charge in [-0.05, 0) is 67.9 Å². The fraction of sp³-hybridized carbons (Fsp3) is 0.417. The van der Waals surface area contributed by atoms with Crippen molar-refractivity contribution < 1.29 is 28.2 Å². The summed E-state index contributed by atoms with van der Waals surface area (Å²) in [5, 5.41) is 23.9. The highest BCUT2D eigenvalue weighted by Crippen LogP contribution is 2.44. The maximum absolute atomic E-state index is 13.0. The van der Waals surface area contributed by atoms with E-state index < -0.39 is 29.4 Å². The fourth-order valence-corrected chi connectivity index (χ4v) is 5.41. The maximum atomic E-state index is 13.0. The summed E-state index contributed by atoms with van der Waals surface area (Å²) in [4.78, 5) is 24.0. The number of benzene rings is 1. The van der Waals surface area contributed by atoms with Gasteiger partial charge in [0.25, 0.3) is 0 Å². The van der Waals surface area contributed by atoms with Crippen molar-refractivity contribution in [1.82, 2.24) is 15.0 Å². The summed E-state index contributed by atoms with van der Waals surface area (Å²) >= 11 is 1.35. The number of nitrogens with zero attached hydrogens (tertiary/aromatic N) is 3. The van der Waals surface area contributed by atoms with Gasteiger partial charge in [0.05, 0.1) is 10.8 Å². The molecule has 2 aromatic heterocycles. The minimum absolute atomic E-state index is 0.0238. The molecule has 2 heterocycles. The fourth-order valence-electron chi connectivity index (χ4n) is 4.36. The standard InChI is InChI=1S/C24H25F3N4O3S/c1-13-9-16(11-17(10-13)30-22-28-8-5-19(31-22)24(25,26)27)18-12-29-21(35-18)23(34)6-3-15(4-7-23)14(2)20(32)33/h5,8-12,14-15,34H,3-4,6-7H2,1-2H3,(H,32,33)(H,28,30,31). The van der Waals surface area contributed by atoms with Crippen molar-refractivity contribution in [2.75, 3.05) is 5.32 Å². The first kappa shape index (κ1) is 25.1. The van der Waals surface area contributed by atoms with Crippen LogP contribution in [0.25, 0.3) is 10.4 Å². The molecule has 11 heteroatoms. The number of alkyl halides is 3. The van der Waals surface area contributed by atoms with E-state index in [0.717, 1.165) is 28.3 Å². The van der Waals surface area contributed by atoms with Gasteiger partial charge in [-0.25, -0.2) is 15.0 Å². The van der Waals surface area contributed by atoms with Crippen molar-refractivity contribution in [3.63, 3.8) is 0 Å². The van der Waals surface area contributed by atoms with Crippen LogP contribution in [0.4, 0.5) is 24.8 Å². The third-order valence-corrected chi connectivity index (χ3v) is 7.66. The molecule has 0 aliphatic heterocycles. The number of aliphatic carboxylic acids is 1. The van der Waals surface area contributed by atoms with Crippen LogP contribution in [0.5, 0.6) is 0 Å². The summed E-state index contributed by atoms with van der Waals surface area (Å²) in [6.45, 7) is 3.56. The monoisotopic (exact) mass is 506 g/mol. The first-order chi connectivity index (χ1) is 16.4. The van der Waals surface area contributed by atoms with Crippen molar-refractivity contribution in [3.8, 4) is 10.4 Å². The molecule has 35 heavy (non-hydrogen) atoms.